The average molecular weight is 552 g/mol. The van der Waals surface area contributed by atoms with Crippen LogP contribution in [0.15, 0.2) is 102 Å². The van der Waals surface area contributed by atoms with Crippen LogP contribution in [0.5, 0.6) is 0 Å². The number of ether oxygens (including phenoxy) is 1. The standard InChI is InChI=1S/C33H33N3O3S/c1-32(2,3)39-31(38)35-30-34-28(23-40-30)21-24-22-36(20-19-29(24)37)33(25-13-7-4-8-14-25,26-15-9-5-10-16-26)27-17-11-6-12-18-27/h4-18,21,23H,19-20,22H2,1-3H3,(H,34,35,38)/b24-21+. The molecule has 0 spiro atoms. The largest absolute Gasteiger partial charge is 0.444 e. The van der Waals surface area contributed by atoms with Crippen molar-refractivity contribution < 1.29 is 14.3 Å². The molecule has 0 atom stereocenters. The van der Waals surface area contributed by atoms with E-state index in [2.05, 4.69) is 88.0 Å². The Morgan fingerprint density at radius 1 is 0.900 bits per heavy atom. The minimum atomic E-state index is -0.604. The van der Waals surface area contributed by atoms with Crippen molar-refractivity contribution in [3.63, 3.8) is 0 Å². The van der Waals surface area contributed by atoms with Crippen molar-refractivity contribution in [1.29, 1.82) is 0 Å². The highest BCUT2D eigenvalue weighted by atomic mass is 32.1. The molecule has 1 amide bonds. The number of aromatic nitrogens is 1. The van der Waals surface area contributed by atoms with Crippen molar-refractivity contribution in [2.45, 2.75) is 38.3 Å². The molecule has 1 fully saturated rings. The van der Waals surface area contributed by atoms with E-state index in [0.717, 1.165) is 16.7 Å². The van der Waals surface area contributed by atoms with Gasteiger partial charge in [-0.2, -0.15) is 0 Å². The summed E-state index contributed by atoms with van der Waals surface area (Å²) in [6, 6.07) is 31.4. The molecular weight excluding hydrogens is 518 g/mol. The number of amides is 1. The summed E-state index contributed by atoms with van der Waals surface area (Å²) in [6.45, 7) is 6.49. The predicted molar refractivity (Wildman–Crippen MR) is 160 cm³/mol. The molecular formula is C33H33N3O3S. The van der Waals surface area contributed by atoms with E-state index in [1.807, 2.05) is 50.4 Å². The number of ketones is 1. The highest BCUT2D eigenvalue weighted by molar-refractivity contribution is 7.14. The maximum atomic E-state index is 13.2. The van der Waals surface area contributed by atoms with Crippen LogP contribution >= 0.6 is 11.3 Å². The molecule has 1 aromatic heterocycles. The average Bonchev–Trinajstić information content (AvgIpc) is 3.38. The number of rotatable bonds is 6. The Morgan fingerprint density at radius 2 is 1.43 bits per heavy atom. The van der Waals surface area contributed by atoms with E-state index in [9.17, 15) is 9.59 Å². The van der Waals surface area contributed by atoms with Crippen LogP contribution in [0, 0.1) is 0 Å². The predicted octanol–water partition coefficient (Wildman–Crippen LogP) is 7.14. The molecule has 1 saturated heterocycles. The van der Waals surface area contributed by atoms with Gasteiger partial charge in [-0.1, -0.05) is 91.0 Å². The lowest BCUT2D eigenvalue weighted by molar-refractivity contribution is -0.117. The number of benzene rings is 3. The highest BCUT2D eigenvalue weighted by Gasteiger charge is 2.44. The fourth-order valence-electron chi connectivity index (χ4n) is 5.25. The first kappa shape index (κ1) is 27.5. The van der Waals surface area contributed by atoms with Gasteiger partial charge in [-0.25, -0.2) is 9.78 Å². The molecule has 2 heterocycles. The summed E-state index contributed by atoms with van der Waals surface area (Å²) in [7, 11) is 0. The van der Waals surface area contributed by atoms with Crippen molar-refractivity contribution >= 4 is 34.4 Å². The Kier molecular flexibility index (Phi) is 7.96. The summed E-state index contributed by atoms with van der Waals surface area (Å²) in [5.74, 6) is 0.106. The third-order valence-electron chi connectivity index (χ3n) is 6.83. The molecule has 0 saturated carbocycles. The number of nitrogens with one attached hydrogen (secondary N) is 1. The van der Waals surface area contributed by atoms with E-state index in [1.165, 1.54) is 11.3 Å². The van der Waals surface area contributed by atoms with E-state index in [1.54, 1.807) is 0 Å². The van der Waals surface area contributed by atoms with Gasteiger partial charge in [0, 0.05) is 30.5 Å². The van der Waals surface area contributed by atoms with Gasteiger partial charge in [0.2, 0.25) is 0 Å². The first-order valence-electron chi connectivity index (χ1n) is 13.4. The molecule has 40 heavy (non-hydrogen) atoms. The van der Waals surface area contributed by atoms with Crippen molar-refractivity contribution in [3.05, 3.63) is 124 Å². The molecule has 4 aromatic rings. The summed E-state index contributed by atoms with van der Waals surface area (Å²) >= 11 is 1.30. The number of piperidine rings is 1. The van der Waals surface area contributed by atoms with Gasteiger partial charge in [-0.15, -0.1) is 11.3 Å². The summed E-state index contributed by atoms with van der Waals surface area (Å²) in [6.07, 6.45) is 1.68. The molecule has 0 aliphatic carbocycles. The molecule has 1 aliphatic heterocycles. The van der Waals surface area contributed by atoms with Crippen molar-refractivity contribution in [1.82, 2.24) is 9.88 Å². The van der Waals surface area contributed by atoms with Gasteiger partial charge >= 0.3 is 6.09 Å². The van der Waals surface area contributed by atoms with E-state index < -0.39 is 17.2 Å². The Bertz CT molecular complexity index is 1400. The number of thiazole rings is 1. The van der Waals surface area contributed by atoms with Gasteiger partial charge < -0.3 is 4.74 Å². The van der Waals surface area contributed by atoms with Crippen LogP contribution in [0.4, 0.5) is 9.93 Å². The number of Topliss-reactive ketones (excluding diaryl/α,β-unsaturated/α-hetero) is 1. The maximum absolute atomic E-state index is 13.2. The molecule has 0 bridgehead atoms. The third-order valence-corrected chi connectivity index (χ3v) is 7.61. The first-order valence-corrected chi connectivity index (χ1v) is 14.2. The van der Waals surface area contributed by atoms with Crippen molar-refractivity contribution in [2.24, 2.45) is 0 Å². The number of carbonyl (C=O) groups excluding carboxylic acids is 2. The Labute approximate surface area is 239 Å². The number of carbonyl (C=O) groups is 2. The van der Waals surface area contributed by atoms with Crippen LogP contribution in [0.25, 0.3) is 6.08 Å². The quantitative estimate of drug-likeness (QED) is 0.204. The molecule has 6 nitrogen and oxygen atoms in total. The zero-order valence-electron chi connectivity index (χ0n) is 23.0. The second-order valence-corrected chi connectivity index (χ2v) is 11.6. The van der Waals surface area contributed by atoms with Crippen LogP contribution in [0.2, 0.25) is 0 Å². The van der Waals surface area contributed by atoms with E-state index >= 15 is 0 Å². The van der Waals surface area contributed by atoms with Gasteiger partial charge in [0.25, 0.3) is 0 Å². The lowest BCUT2D eigenvalue weighted by atomic mass is 9.74. The maximum Gasteiger partial charge on any atom is 0.413 e. The van der Waals surface area contributed by atoms with E-state index in [0.29, 0.717) is 35.9 Å². The molecule has 204 valence electrons. The van der Waals surface area contributed by atoms with Gasteiger partial charge in [0.05, 0.1) is 11.2 Å². The lowest BCUT2D eigenvalue weighted by Crippen LogP contribution is -2.52. The Balaban J connectivity index is 1.53. The van der Waals surface area contributed by atoms with Crippen LogP contribution < -0.4 is 5.32 Å². The smallest absolute Gasteiger partial charge is 0.413 e. The number of likely N-dealkylation sites (tertiary alicyclic amines) is 1. The van der Waals surface area contributed by atoms with Crippen LogP contribution in [-0.2, 0) is 15.1 Å². The Morgan fingerprint density at radius 3 is 1.93 bits per heavy atom. The van der Waals surface area contributed by atoms with Gasteiger partial charge in [-0.3, -0.25) is 15.0 Å². The minimum Gasteiger partial charge on any atom is -0.444 e. The second kappa shape index (κ2) is 11.6. The normalized spacial score (nSPS) is 15.7. The summed E-state index contributed by atoms with van der Waals surface area (Å²) in [5.41, 5.74) is 3.52. The number of nitrogens with zero attached hydrogens (tertiary/aromatic N) is 2. The molecule has 3 aromatic carbocycles. The first-order chi connectivity index (χ1) is 19.3. The van der Waals surface area contributed by atoms with Crippen LogP contribution in [0.1, 0.15) is 49.6 Å². The van der Waals surface area contributed by atoms with Gasteiger partial charge in [0.1, 0.15) is 5.60 Å². The van der Waals surface area contributed by atoms with E-state index in [-0.39, 0.29) is 5.78 Å². The number of hydrogen-bond acceptors (Lipinski definition) is 6. The molecule has 1 aliphatic rings. The molecule has 7 heteroatoms. The molecule has 1 N–H and O–H groups in total. The summed E-state index contributed by atoms with van der Waals surface area (Å²) < 4.78 is 5.34. The fourth-order valence-corrected chi connectivity index (χ4v) is 5.90. The molecule has 0 unspecified atom stereocenters. The van der Waals surface area contributed by atoms with Gasteiger partial charge in [0.15, 0.2) is 10.9 Å². The van der Waals surface area contributed by atoms with Crippen LogP contribution in [0.3, 0.4) is 0 Å². The fraction of sp³-hybridized carbons (Fsp3) is 0.242. The molecule has 0 radical (unpaired) electrons. The zero-order chi connectivity index (χ0) is 28.2. The lowest BCUT2D eigenvalue weighted by Gasteiger charge is -2.47. The monoisotopic (exact) mass is 551 g/mol. The highest BCUT2D eigenvalue weighted by Crippen LogP contribution is 2.44. The van der Waals surface area contributed by atoms with Crippen LogP contribution in [-0.4, -0.2) is 40.5 Å². The Hall–Kier alpha value is -4.07. The SMILES string of the molecule is CC(C)(C)OC(=O)Nc1nc(/C=C2\CN(C(c3ccccc3)(c3ccccc3)c3ccccc3)CCC2=O)cs1. The minimum absolute atomic E-state index is 0.106. The third kappa shape index (κ3) is 5.91. The number of hydrogen-bond donors (Lipinski definition) is 1. The zero-order valence-corrected chi connectivity index (χ0v) is 23.8. The molecule has 5 rings (SSSR count). The second-order valence-electron chi connectivity index (χ2n) is 10.8. The van der Waals surface area contributed by atoms with Gasteiger partial charge in [-0.05, 0) is 43.5 Å². The summed E-state index contributed by atoms with van der Waals surface area (Å²) in [4.78, 5) is 32.3. The van der Waals surface area contributed by atoms with E-state index in [4.69, 9.17) is 4.74 Å². The topological polar surface area (TPSA) is 71.5 Å². The van der Waals surface area contributed by atoms with Crippen molar-refractivity contribution in [2.75, 3.05) is 18.4 Å². The number of anilines is 1. The summed E-state index contributed by atoms with van der Waals surface area (Å²) in [5, 5.41) is 4.95. The van der Waals surface area contributed by atoms with Crippen molar-refractivity contribution in [3.8, 4) is 0 Å².